The maximum Gasteiger partial charge on any atom is 0.350 e. The Morgan fingerprint density at radius 3 is 2.22 bits per heavy atom. The van der Waals surface area contributed by atoms with Gasteiger partial charge in [-0.15, -0.1) is 0 Å². The number of cyclic esters (lactones) is 2. The van der Waals surface area contributed by atoms with Gasteiger partial charge in [0, 0.05) is 0 Å². The lowest BCUT2D eigenvalue weighted by Gasteiger charge is -2.06. The van der Waals surface area contributed by atoms with Crippen LogP contribution in [0.15, 0.2) is 42.5 Å². The van der Waals surface area contributed by atoms with Crippen molar-refractivity contribution >= 4 is 11.9 Å². The van der Waals surface area contributed by atoms with Crippen molar-refractivity contribution in [3.8, 4) is 16.9 Å². The van der Waals surface area contributed by atoms with Crippen LogP contribution >= 0.6 is 0 Å². The number of hydrogen-bond donors (Lipinski definition) is 1. The van der Waals surface area contributed by atoms with Gasteiger partial charge in [-0.1, -0.05) is 30.3 Å². The van der Waals surface area contributed by atoms with Crippen molar-refractivity contribution in [2.75, 3.05) is 0 Å². The molecule has 0 saturated heterocycles. The summed E-state index contributed by atoms with van der Waals surface area (Å²) in [6.07, 6.45) is 0. The molecule has 2 aromatic carbocycles. The number of rotatable bonds is 1. The highest BCUT2D eigenvalue weighted by Gasteiger charge is 2.35. The maximum absolute atomic E-state index is 11.7. The molecule has 0 atom stereocenters. The topological polar surface area (TPSA) is 63.6 Å². The molecule has 18 heavy (non-hydrogen) atoms. The third-order valence-electron chi connectivity index (χ3n) is 2.86. The van der Waals surface area contributed by atoms with Crippen LogP contribution in [0.25, 0.3) is 11.1 Å². The third-order valence-corrected chi connectivity index (χ3v) is 2.86. The summed E-state index contributed by atoms with van der Waals surface area (Å²) >= 11 is 0. The molecular weight excluding hydrogens is 232 g/mol. The Morgan fingerprint density at radius 1 is 0.833 bits per heavy atom. The molecule has 4 heteroatoms. The highest BCUT2D eigenvalue weighted by Crippen LogP contribution is 2.36. The van der Waals surface area contributed by atoms with Crippen molar-refractivity contribution in [2.24, 2.45) is 0 Å². The Morgan fingerprint density at radius 2 is 1.50 bits per heavy atom. The summed E-state index contributed by atoms with van der Waals surface area (Å²) in [5.41, 5.74) is 1.45. The van der Waals surface area contributed by atoms with E-state index >= 15 is 0 Å². The summed E-state index contributed by atoms with van der Waals surface area (Å²) in [7, 11) is 0. The van der Waals surface area contributed by atoms with Crippen LogP contribution in [0.1, 0.15) is 20.7 Å². The third kappa shape index (κ3) is 1.39. The highest BCUT2D eigenvalue weighted by atomic mass is 16.6. The van der Waals surface area contributed by atoms with Gasteiger partial charge in [0.1, 0.15) is 11.3 Å². The number of hydrogen-bond acceptors (Lipinski definition) is 4. The second-order valence-electron chi connectivity index (χ2n) is 3.93. The molecule has 1 aliphatic heterocycles. The average Bonchev–Trinajstić information content (AvgIpc) is 2.68. The first-order chi connectivity index (χ1) is 8.68. The Balaban J connectivity index is 2.32. The Kier molecular flexibility index (Phi) is 2.16. The number of phenolic OH excluding ortho intramolecular Hbond substituents is 1. The highest BCUT2D eigenvalue weighted by molar-refractivity contribution is 6.19. The molecule has 1 heterocycles. The van der Waals surface area contributed by atoms with Crippen LogP contribution in [-0.4, -0.2) is 17.0 Å². The Labute approximate surface area is 102 Å². The molecule has 3 rings (SSSR count). The fourth-order valence-electron chi connectivity index (χ4n) is 2.05. The van der Waals surface area contributed by atoms with E-state index in [1.165, 1.54) is 6.07 Å². The molecule has 0 bridgehead atoms. The fraction of sp³-hybridized carbons (Fsp3) is 0. The van der Waals surface area contributed by atoms with Crippen LogP contribution in [-0.2, 0) is 4.74 Å². The zero-order valence-corrected chi connectivity index (χ0v) is 9.21. The van der Waals surface area contributed by atoms with Crippen LogP contribution in [0.4, 0.5) is 0 Å². The monoisotopic (exact) mass is 240 g/mol. The van der Waals surface area contributed by atoms with E-state index in [1.54, 1.807) is 6.07 Å². The molecular formula is C14H8O4. The van der Waals surface area contributed by atoms with E-state index in [0.717, 1.165) is 5.56 Å². The van der Waals surface area contributed by atoms with Crippen LogP contribution < -0.4 is 0 Å². The van der Waals surface area contributed by atoms with E-state index in [-0.39, 0.29) is 16.9 Å². The molecule has 0 unspecified atom stereocenters. The van der Waals surface area contributed by atoms with E-state index in [2.05, 4.69) is 4.74 Å². The molecule has 88 valence electrons. The molecule has 0 amide bonds. The Hall–Kier alpha value is -2.62. The van der Waals surface area contributed by atoms with Crippen molar-refractivity contribution in [1.29, 1.82) is 0 Å². The minimum absolute atomic E-state index is 0.0543. The fourth-order valence-corrected chi connectivity index (χ4v) is 2.05. The van der Waals surface area contributed by atoms with Gasteiger partial charge >= 0.3 is 11.9 Å². The summed E-state index contributed by atoms with van der Waals surface area (Å²) in [4.78, 5) is 23.1. The molecule has 0 spiro atoms. The van der Waals surface area contributed by atoms with Gasteiger partial charge in [0.05, 0.1) is 5.56 Å². The number of esters is 2. The standard InChI is InChI=1S/C14H8O4/c15-10-7-6-9(8-4-2-1-3-5-8)11-12(10)14(17)18-13(11)16/h1-7,15H. The summed E-state index contributed by atoms with van der Waals surface area (Å²) < 4.78 is 4.54. The van der Waals surface area contributed by atoms with Crippen molar-refractivity contribution in [2.45, 2.75) is 0 Å². The van der Waals surface area contributed by atoms with Gasteiger partial charge in [-0.05, 0) is 23.3 Å². The van der Waals surface area contributed by atoms with Crippen LogP contribution in [0.3, 0.4) is 0 Å². The minimum atomic E-state index is -0.801. The second-order valence-corrected chi connectivity index (χ2v) is 3.93. The first-order valence-electron chi connectivity index (χ1n) is 5.36. The number of aromatic hydroxyl groups is 1. The van der Waals surface area contributed by atoms with E-state index in [4.69, 9.17) is 0 Å². The number of fused-ring (bicyclic) bond motifs is 1. The van der Waals surface area contributed by atoms with Crippen molar-refractivity contribution in [3.05, 3.63) is 53.6 Å². The molecule has 1 N–H and O–H groups in total. The van der Waals surface area contributed by atoms with Gasteiger partial charge < -0.3 is 9.84 Å². The number of phenols is 1. The first kappa shape index (κ1) is 10.5. The first-order valence-corrected chi connectivity index (χ1v) is 5.36. The van der Waals surface area contributed by atoms with Crippen LogP contribution in [0.5, 0.6) is 5.75 Å². The molecule has 0 fully saturated rings. The van der Waals surface area contributed by atoms with Gasteiger partial charge in [-0.2, -0.15) is 0 Å². The van der Waals surface area contributed by atoms with E-state index in [9.17, 15) is 14.7 Å². The van der Waals surface area contributed by atoms with Gasteiger partial charge in [0.25, 0.3) is 0 Å². The number of carbonyl (C=O) groups excluding carboxylic acids is 2. The molecule has 4 nitrogen and oxygen atoms in total. The summed E-state index contributed by atoms with van der Waals surface area (Å²) in [6.45, 7) is 0. The Bertz CT molecular complexity index is 659. The quantitative estimate of drug-likeness (QED) is 0.614. The normalized spacial score (nSPS) is 13.3. The van der Waals surface area contributed by atoms with Gasteiger partial charge in [0.15, 0.2) is 0 Å². The largest absolute Gasteiger partial charge is 0.507 e. The maximum atomic E-state index is 11.7. The summed E-state index contributed by atoms with van der Waals surface area (Å²) in [5, 5.41) is 9.64. The molecule has 0 radical (unpaired) electrons. The van der Waals surface area contributed by atoms with Gasteiger partial charge in [-0.3, -0.25) is 0 Å². The molecule has 0 aliphatic carbocycles. The predicted octanol–water partition coefficient (Wildman–Crippen LogP) is 2.37. The number of ether oxygens (including phenoxy) is 1. The lowest BCUT2D eigenvalue weighted by molar-refractivity contribution is 0.0443. The van der Waals surface area contributed by atoms with Crippen LogP contribution in [0.2, 0.25) is 0 Å². The zero-order chi connectivity index (χ0) is 12.7. The molecule has 0 saturated carbocycles. The lowest BCUT2D eigenvalue weighted by atomic mass is 9.96. The van der Waals surface area contributed by atoms with Crippen molar-refractivity contribution < 1.29 is 19.4 Å². The molecule has 0 aromatic heterocycles. The number of carbonyl (C=O) groups is 2. The van der Waals surface area contributed by atoms with E-state index < -0.39 is 11.9 Å². The minimum Gasteiger partial charge on any atom is -0.507 e. The predicted molar refractivity (Wildman–Crippen MR) is 63.3 cm³/mol. The average molecular weight is 240 g/mol. The van der Waals surface area contributed by atoms with Crippen molar-refractivity contribution in [1.82, 2.24) is 0 Å². The summed E-state index contributed by atoms with van der Waals surface area (Å²) in [6, 6.07) is 12.1. The zero-order valence-electron chi connectivity index (χ0n) is 9.21. The smallest absolute Gasteiger partial charge is 0.350 e. The van der Waals surface area contributed by atoms with E-state index in [0.29, 0.717) is 5.56 Å². The summed E-state index contributed by atoms with van der Waals surface area (Å²) in [5.74, 6) is -1.75. The van der Waals surface area contributed by atoms with E-state index in [1.807, 2.05) is 30.3 Å². The molecule has 1 aliphatic rings. The SMILES string of the molecule is O=C1OC(=O)c2c(-c3ccccc3)ccc(O)c21. The lowest BCUT2D eigenvalue weighted by Crippen LogP contribution is -1.98. The molecule has 2 aromatic rings. The van der Waals surface area contributed by atoms with Gasteiger partial charge in [-0.25, -0.2) is 9.59 Å². The van der Waals surface area contributed by atoms with Crippen molar-refractivity contribution in [3.63, 3.8) is 0 Å². The van der Waals surface area contributed by atoms with Crippen LogP contribution in [0, 0.1) is 0 Å². The second kappa shape index (κ2) is 3.70. The van der Waals surface area contributed by atoms with Gasteiger partial charge in [0.2, 0.25) is 0 Å². The number of benzene rings is 2.